The summed E-state index contributed by atoms with van der Waals surface area (Å²) in [4.78, 5) is 15.6. The van der Waals surface area contributed by atoms with Gasteiger partial charge in [0.2, 0.25) is 10.0 Å². The summed E-state index contributed by atoms with van der Waals surface area (Å²) in [5.74, 6) is 0.141. The van der Waals surface area contributed by atoms with Gasteiger partial charge in [-0.25, -0.2) is 8.42 Å². The largest absolute Gasteiger partial charge is 0.345 e. The Bertz CT molecular complexity index is 1150. The first-order valence-electron chi connectivity index (χ1n) is 12.4. The number of hydrogen-bond donors (Lipinski definition) is 0. The van der Waals surface area contributed by atoms with E-state index in [0.717, 1.165) is 30.5 Å². The number of piperazine rings is 1. The van der Waals surface area contributed by atoms with Crippen LogP contribution in [-0.4, -0.2) is 60.7 Å². The van der Waals surface area contributed by atoms with Crippen LogP contribution in [-0.2, 0) is 22.9 Å². The van der Waals surface area contributed by atoms with Gasteiger partial charge in [-0.15, -0.1) is 0 Å². The van der Waals surface area contributed by atoms with Crippen LogP contribution >= 0.6 is 0 Å². The van der Waals surface area contributed by atoms with Crippen molar-refractivity contribution < 1.29 is 13.2 Å². The summed E-state index contributed by atoms with van der Waals surface area (Å²) in [6.45, 7) is 6.53. The van der Waals surface area contributed by atoms with Crippen molar-refractivity contribution in [1.29, 1.82) is 0 Å². The maximum absolute atomic E-state index is 13.2. The average Bonchev–Trinajstić information content (AvgIpc) is 3.54. The minimum Gasteiger partial charge on any atom is -0.345 e. The van der Waals surface area contributed by atoms with Crippen LogP contribution in [0.4, 0.5) is 0 Å². The van der Waals surface area contributed by atoms with Gasteiger partial charge in [0.05, 0.1) is 11.4 Å². The van der Waals surface area contributed by atoms with E-state index in [1.807, 2.05) is 18.2 Å². The second-order valence-electron chi connectivity index (χ2n) is 9.98. The van der Waals surface area contributed by atoms with Gasteiger partial charge in [-0.1, -0.05) is 18.9 Å². The molecule has 7 heteroatoms. The molecule has 0 unspecified atom stereocenters. The Labute approximate surface area is 197 Å². The Morgan fingerprint density at radius 3 is 2.36 bits per heavy atom. The molecule has 2 aromatic rings. The number of nitrogens with zero attached hydrogens (tertiary/aromatic N) is 3. The number of rotatable bonds is 6. The Morgan fingerprint density at radius 1 is 0.939 bits per heavy atom. The fraction of sp³-hybridized carbons (Fsp3) is 0.577. The van der Waals surface area contributed by atoms with E-state index < -0.39 is 10.0 Å². The van der Waals surface area contributed by atoms with Crippen LogP contribution in [0.3, 0.4) is 0 Å². The summed E-state index contributed by atoms with van der Waals surface area (Å²) in [7, 11) is -3.49. The molecule has 0 atom stereocenters. The predicted molar refractivity (Wildman–Crippen MR) is 129 cm³/mol. The third-order valence-electron chi connectivity index (χ3n) is 7.88. The van der Waals surface area contributed by atoms with E-state index in [2.05, 4.69) is 23.3 Å². The molecular formula is C26H35N3O3S. The molecule has 1 aromatic heterocycles. The highest BCUT2D eigenvalue weighted by Gasteiger charge is 2.31. The molecule has 0 N–H and O–H groups in total. The van der Waals surface area contributed by atoms with E-state index in [9.17, 15) is 13.2 Å². The average molecular weight is 470 g/mol. The lowest BCUT2D eigenvalue weighted by Crippen LogP contribution is -2.49. The van der Waals surface area contributed by atoms with E-state index in [4.69, 9.17) is 0 Å². The lowest BCUT2D eigenvalue weighted by atomic mass is 10.1. The van der Waals surface area contributed by atoms with Crippen molar-refractivity contribution in [2.45, 2.75) is 69.7 Å². The number of Topliss-reactive ketones (excluding diaryl/α,β-unsaturated/α-hetero) is 1. The first kappa shape index (κ1) is 22.8. The SMILES string of the molecule is Cc1cc(C(=O)CN2CCN(S(=O)(=O)c3ccc4c(c3)CCC4)CC2)c(C)n1C1CCCC1. The number of carbonyl (C=O) groups is 1. The second kappa shape index (κ2) is 9.01. The second-order valence-corrected chi connectivity index (χ2v) is 11.9. The van der Waals surface area contributed by atoms with Crippen molar-refractivity contribution in [3.05, 3.63) is 52.3 Å². The molecular weight excluding hydrogens is 434 g/mol. The third-order valence-corrected chi connectivity index (χ3v) is 9.78. The Kier molecular flexibility index (Phi) is 6.23. The molecule has 5 rings (SSSR count). The van der Waals surface area contributed by atoms with Crippen LogP contribution in [0.1, 0.15) is 71.0 Å². The fourth-order valence-corrected chi connectivity index (χ4v) is 7.53. The molecule has 1 saturated carbocycles. The van der Waals surface area contributed by atoms with Gasteiger partial charge in [-0.2, -0.15) is 4.31 Å². The molecule has 2 aliphatic carbocycles. The Morgan fingerprint density at radius 2 is 1.64 bits per heavy atom. The number of sulfonamides is 1. The molecule has 0 bridgehead atoms. The Hall–Kier alpha value is -1.96. The summed E-state index contributed by atoms with van der Waals surface area (Å²) in [6, 6.07) is 8.18. The van der Waals surface area contributed by atoms with Crippen molar-refractivity contribution in [1.82, 2.24) is 13.8 Å². The number of carbonyl (C=O) groups excluding carboxylic acids is 1. The molecule has 1 aliphatic heterocycles. The smallest absolute Gasteiger partial charge is 0.243 e. The van der Waals surface area contributed by atoms with Crippen LogP contribution in [0.5, 0.6) is 0 Å². The molecule has 0 spiro atoms. The molecule has 1 saturated heterocycles. The number of aryl methyl sites for hydroxylation is 3. The third kappa shape index (κ3) is 4.31. The maximum atomic E-state index is 13.2. The van der Waals surface area contributed by atoms with Crippen LogP contribution < -0.4 is 0 Å². The van der Waals surface area contributed by atoms with Gasteiger partial charge >= 0.3 is 0 Å². The van der Waals surface area contributed by atoms with E-state index in [1.165, 1.54) is 42.5 Å². The molecule has 2 fully saturated rings. The molecule has 0 radical (unpaired) electrons. The van der Waals surface area contributed by atoms with Crippen LogP contribution in [0, 0.1) is 13.8 Å². The van der Waals surface area contributed by atoms with E-state index in [-0.39, 0.29) is 5.78 Å². The number of hydrogen-bond acceptors (Lipinski definition) is 4. The minimum atomic E-state index is -3.49. The molecule has 33 heavy (non-hydrogen) atoms. The monoisotopic (exact) mass is 469 g/mol. The van der Waals surface area contributed by atoms with Gasteiger partial charge in [0.15, 0.2) is 5.78 Å². The summed E-state index contributed by atoms with van der Waals surface area (Å²) >= 11 is 0. The fourth-order valence-electron chi connectivity index (χ4n) is 6.06. The van der Waals surface area contributed by atoms with E-state index in [1.54, 1.807) is 10.4 Å². The zero-order chi connectivity index (χ0) is 23.2. The van der Waals surface area contributed by atoms with Crippen LogP contribution in [0.15, 0.2) is 29.2 Å². The highest BCUT2D eigenvalue weighted by Crippen LogP contribution is 2.33. The number of aromatic nitrogens is 1. The van der Waals surface area contributed by atoms with Crippen molar-refractivity contribution in [2.75, 3.05) is 32.7 Å². The van der Waals surface area contributed by atoms with Gasteiger partial charge in [-0.05, 0) is 75.3 Å². The van der Waals surface area contributed by atoms with Crippen molar-refractivity contribution in [3.8, 4) is 0 Å². The molecule has 178 valence electrons. The highest BCUT2D eigenvalue weighted by molar-refractivity contribution is 7.89. The minimum absolute atomic E-state index is 0.141. The van der Waals surface area contributed by atoms with Crippen molar-refractivity contribution >= 4 is 15.8 Å². The first-order valence-corrected chi connectivity index (χ1v) is 13.8. The van der Waals surface area contributed by atoms with Gasteiger partial charge in [0.1, 0.15) is 0 Å². The normalized spacial score (nSPS) is 20.4. The predicted octanol–water partition coefficient (Wildman–Crippen LogP) is 3.90. The summed E-state index contributed by atoms with van der Waals surface area (Å²) in [6.07, 6.45) is 8.05. The zero-order valence-corrected chi connectivity index (χ0v) is 20.7. The topological polar surface area (TPSA) is 62.6 Å². The number of benzene rings is 1. The van der Waals surface area contributed by atoms with Gasteiger partial charge < -0.3 is 4.57 Å². The van der Waals surface area contributed by atoms with Crippen molar-refractivity contribution in [3.63, 3.8) is 0 Å². The van der Waals surface area contributed by atoms with Crippen molar-refractivity contribution in [2.24, 2.45) is 0 Å². The number of fused-ring (bicyclic) bond motifs is 1. The zero-order valence-electron chi connectivity index (χ0n) is 19.8. The maximum Gasteiger partial charge on any atom is 0.243 e. The quantitative estimate of drug-likeness (QED) is 0.602. The van der Waals surface area contributed by atoms with E-state index in [0.29, 0.717) is 43.7 Å². The summed E-state index contributed by atoms with van der Waals surface area (Å²) < 4.78 is 30.3. The summed E-state index contributed by atoms with van der Waals surface area (Å²) in [5, 5.41) is 0. The molecule has 6 nitrogen and oxygen atoms in total. The lowest BCUT2D eigenvalue weighted by molar-refractivity contribution is 0.0901. The van der Waals surface area contributed by atoms with Gasteiger partial charge in [0, 0.05) is 49.2 Å². The van der Waals surface area contributed by atoms with Gasteiger partial charge in [0.25, 0.3) is 0 Å². The van der Waals surface area contributed by atoms with Crippen LogP contribution in [0.2, 0.25) is 0 Å². The molecule has 0 amide bonds. The van der Waals surface area contributed by atoms with E-state index >= 15 is 0 Å². The molecule has 2 heterocycles. The highest BCUT2D eigenvalue weighted by atomic mass is 32.2. The van der Waals surface area contributed by atoms with Crippen LogP contribution in [0.25, 0.3) is 0 Å². The molecule has 3 aliphatic rings. The number of ketones is 1. The van der Waals surface area contributed by atoms with Gasteiger partial charge in [-0.3, -0.25) is 9.69 Å². The standard InChI is InChI=1S/C26H35N3O3S/c1-19-16-25(20(2)29(19)23-8-3-4-9-23)26(30)18-27-12-14-28(15-13-27)33(31,32)24-11-10-21-6-5-7-22(21)17-24/h10-11,16-17,23H,3-9,12-15,18H2,1-2H3. The molecule has 1 aromatic carbocycles. The lowest BCUT2D eigenvalue weighted by Gasteiger charge is -2.33. The summed E-state index contributed by atoms with van der Waals surface area (Å²) in [5.41, 5.74) is 5.54. The first-order chi connectivity index (χ1) is 15.8. The Balaban J connectivity index is 1.22.